The van der Waals surface area contributed by atoms with Gasteiger partial charge in [0.2, 0.25) is 0 Å². The van der Waals surface area contributed by atoms with Crippen molar-refractivity contribution in [3.63, 3.8) is 0 Å². The Kier molecular flexibility index (Phi) is 6.85. The Morgan fingerprint density at radius 1 is 1.00 bits per heavy atom. The molecular weight excluding hydrogens is 100 g/mol. The average Bonchev–Trinajstić information content (AvgIpc) is 1.81. The van der Waals surface area contributed by atoms with Gasteiger partial charge >= 0.3 is 0 Å². The number of hydrogen-bond acceptors (Lipinski definition) is 2. The van der Waals surface area contributed by atoms with Crippen molar-refractivity contribution in [1.29, 1.82) is 0 Å². The molecule has 0 aromatic rings. The van der Waals surface area contributed by atoms with Crippen LogP contribution in [-0.4, -0.2) is 13.1 Å². The summed E-state index contributed by atoms with van der Waals surface area (Å²) in [5, 5.41) is 0. The van der Waals surface area contributed by atoms with Gasteiger partial charge in [0.15, 0.2) is 0 Å². The van der Waals surface area contributed by atoms with Gasteiger partial charge in [-0.1, -0.05) is 0 Å². The zero-order valence-electron chi connectivity index (χ0n) is 5.27. The molecule has 0 aliphatic carbocycles. The number of unbranched alkanes of at least 4 members (excludes halogenated alkanes) is 3. The molecule has 0 unspecified atom stereocenters. The van der Waals surface area contributed by atoms with Crippen molar-refractivity contribution >= 4 is 0 Å². The first kappa shape index (κ1) is 7.92. The second kappa shape index (κ2) is 6.92. The van der Waals surface area contributed by atoms with Crippen LogP contribution in [0, 0.1) is 6.42 Å². The van der Waals surface area contributed by atoms with Crippen molar-refractivity contribution in [2.75, 3.05) is 13.1 Å². The number of hydrogen-bond donors (Lipinski definition) is 2. The Hall–Kier alpha value is -0.0800. The summed E-state index contributed by atoms with van der Waals surface area (Å²) in [7, 11) is 0. The molecular formula is C6H15N2. The smallest absolute Gasteiger partial charge is 0.00745 e. The van der Waals surface area contributed by atoms with E-state index in [4.69, 9.17) is 11.5 Å². The molecule has 0 aliphatic heterocycles. The first-order valence-corrected chi connectivity index (χ1v) is 3.13. The third-order valence-corrected chi connectivity index (χ3v) is 0.983. The van der Waals surface area contributed by atoms with E-state index in [0.717, 1.165) is 32.4 Å². The fraction of sp³-hybridized carbons (Fsp3) is 0.833. The molecule has 2 nitrogen and oxygen atoms in total. The summed E-state index contributed by atoms with van der Waals surface area (Å²) in [6.07, 6.45) is 5.43. The molecule has 0 atom stereocenters. The second-order valence-electron chi connectivity index (χ2n) is 1.80. The van der Waals surface area contributed by atoms with Crippen molar-refractivity contribution in [2.45, 2.75) is 19.3 Å². The third-order valence-electron chi connectivity index (χ3n) is 0.983. The minimum absolute atomic E-state index is 0.768. The summed E-state index contributed by atoms with van der Waals surface area (Å²) >= 11 is 0. The van der Waals surface area contributed by atoms with Gasteiger partial charge in [0.05, 0.1) is 0 Å². The quantitative estimate of drug-likeness (QED) is 0.505. The van der Waals surface area contributed by atoms with Crippen molar-refractivity contribution < 1.29 is 0 Å². The van der Waals surface area contributed by atoms with E-state index in [-0.39, 0.29) is 0 Å². The van der Waals surface area contributed by atoms with Crippen molar-refractivity contribution in [3.05, 3.63) is 6.42 Å². The van der Waals surface area contributed by atoms with Gasteiger partial charge in [-0.2, -0.15) is 0 Å². The first-order valence-electron chi connectivity index (χ1n) is 3.13. The molecule has 0 spiro atoms. The van der Waals surface area contributed by atoms with Crippen LogP contribution in [0.1, 0.15) is 19.3 Å². The van der Waals surface area contributed by atoms with Crippen molar-refractivity contribution in [3.8, 4) is 0 Å². The van der Waals surface area contributed by atoms with E-state index in [1.54, 1.807) is 0 Å². The van der Waals surface area contributed by atoms with Crippen LogP contribution in [0.15, 0.2) is 0 Å². The van der Waals surface area contributed by atoms with E-state index in [2.05, 4.69) is 6.42 Å². The highest BCUT2D eigenvalue weighted by Crippen LogP contribution is 1.93. The van der Waals surface area contributed by atoms with Crippen LogP contribution in [0.5, 0.6) is 0 Å². The van der Waals surface area contributed by atoms with Crippen LogP contribution in [0.4, 0.5) is 0 Å². The van der Waals surface area contributed by atoms with Crippen LogP contribution in [0.2, 0.25) is 0 Å². The van der Waals surface area contributed by atoms with Gasteiger partial charge in [0, 0.05) is 0 Å². The molecule has 0 heterocycles. The minimum Gasteiger partial charge on any atom is -0.330 e. The fourth-order valence-electron chi connectivity index (χ4n) is 0.524. The largest absolute Gasteiger partial charge is 0.330 e. The molecule has 49 valence electrons. The molecule has 0 bridgehead atoms. The minimum atomic E-state index is 0.768. The molecule has 8 heavy (non-hydrogen) atoms. The zero-order valence-corrected chi connectivity index (χ0v) is 5.27. The lowest BCUT2D eigenvalue weighted by Gasteiger charge is -1.93. The summed E-state index contributed by atoms with van der Waals surface area (Å²) in [5.41, 5.74) is 10.5. The number of nitrogens with two attached hydrogens (primary N) is 2. The Bertz CT molecular complexity index is 31.5. The predicted molar refractivity (Wildman–Crippen MR) is 36.3 cm³/mol. The molecule has 0 aliphatic rings. The van der Waals surface area contributed by atoms with Crippen molar-refractivity contribution in [2.24, 2.45) is 11.5 Å². The van der Waals surface area contributed by atoms with Crippen LogP contribution >= 0.6 is 0 Å². The molecule has 2 heteroatoms. The van der Waals surface area contributed by atoms with Gasteiger partial charge in [-0.15, -0.1) is 0 Å². The Morgan fingerprint density at radius 2 is 1.75 bits per heavy atom. The molecule has 0 amide bonds. The van der Waals surface area contributed by atoms with E-state index >= 15 is 0 Å². The van der Waals surface area contributed by atoms with E-state index in [9.17, 15) is 0 Å². The Labute approximate surface area is 51.2 Å². The first-order chi connectivity index (χ1) is 3.91. The standard InChI is InChI=1S/C6H15N2/c7-5-3-1-2-4-6-8/h1H,2-8H2. The third kappa shape index (κ3) is 5.92. The van der Waals surface area contributed by atoms with Gasteiger partial charge in [-0.25, -0.2) is 0 Å². The number of rotatable bonds is 5. The highest BCUT2D eigenvalue weighted by atomic mass is 14.5. The van der Waals surface area contributed by atoms with E-state index in [0.29, 0.717) is 0 Å². The Balaban J connectivity index is 2.53. The van der Waals surface area contributed by atoms with Crippen LogP contribution in [-0.2, 0) is 0 Å². The van der Waals surface area contributed by atoms with Crippen LogP contribution in [0.25, 0.3) is 0 Å². The van der Waals surface area contributed by atoms with Gasteiger partial charge < -0.3 is 11.5 Å². The molecule has 0 aromatic carbocycles. The normalized spacial score (nSPS) is 9.75. The second-order valence-corrected chi connectivity index (χ2v) is 1.80. The molecule has 0 aromatic heterocycles. The molecule has 4 N–H and O–H groups in total. The van der Waals surface area contributed by atoms with E-state index < -0.39 is 0 Å². The summed E-state index contributed by atoms with van der Waals surface area (Å²) in [5.74, 6) is 0. The maximum atomic E-state index is 5.26. The van der Waals surface area contributed by atoms with Gasteiger partial charge in [0.1, 0.15) is 0 Å². The van der Waals surface area contributed by atoms with Crippen LogP contribution in [0.3, 0.4) is 0 Å². The lowest BCUT2D eigenvalue weighted by atomic mass is 10.2. The predicted octanol–water partition coefficient (Wildman–Crippen LogP) is 0.278. The summed E-state index contributed by atoms with van der Waals surface area (Å²) < 4.78 is 0. The SMILES string of the molecule is NCC[CH]CCCN. The van der Waals surface area contributed by atoms with Crippen molar-refractivity contribution in [1.82, 2.24) is 0 Å². The topological polar surface area (TPSA) is 52.0 Å². The summed E-state index contributed by atoms with van der Waals surface area (Å²) in [6.45, 7) is 1.56. The summed E-state index contributed by atoms with van der Waals surface area (Å²) in [4.78, 5) is 0. The molecule has 0 fully saturated rings. The monoisotopic (exact) mass is 115 g/mol. The highest BCUT2D eigenvalue weighted by molar-refractivity contribution is 4.64. The maximum absolute atomic E-state index is 5.26. The Morgan fingerprint density at radius 3 is 2.25 bits per heavy atom. The summed E-state index contributed by atoms with van der Waals surface area (Å²) in [6, 6.07) is 0. The van der Waals surface area contributed by atoms with E-state index in [1.165, 1.54) is 0 Å². The fourth-order valence-corrected chi connectivity index (χ4v) is 0.524. The molecule has 0 rings (SSSR count). The lowest BCUT2D eigenvalue weighted by molar-refractivity contribution is 0.773. The molecule has 1 radical (unpaired) electrons. The maximum Gasteiger partial charge on any atom is -0.00745 e. The molecule has 0 saturated heterocycles. The van der Waals surface area contributed by atoms with E-state index in [1.807, 2.05) is 0 Å². The van der Waals surface area contributed by atoms with Gasteiger partial charge in [-0.3, -0.25) is 0 Å². The lowest BCUT2D eigenvalue weighted by Crippen LogP contribution is -2.01. The molecule has 0 saturated carbocycles. The highest BCUT2D eigenvalue weighted by Gasteiger charge is 1.84. The average molecular weight is 115 g/mol. The zero-order chi connectivity index (χ0) is 6.24. The van der Waals surface area contributed by atoms with Gasteiger partial charge in [-0.05, 0) is 38.8 Å². The van der Waals surface area contributed by atoms with Crippen LogP contribution < -0.4 is 11.5 Å². The van der Waals surface area contributed by atoms with Gasteiger partial charge in [0.25, 0.3) is 0 Å².